The Hall–Kier alpha value is -3.08. The topological polar surface area (TPSA) is 59.8 Å². The van der Waals surface area contributed by atoms with Crippen LogP contribution in [0.25, 0.3) is 22.1 Å². The number of unbranched alkanes of at least 4 members (excludes halogenated alkanes) is 2. The van der Waals surface area contributed by atoms with E-state index < -0.39 is 5.63 Å². The second kappa shape index (κ2) is 10.1. The van der Waals surface area contributed by atoms with Gasteiger partial charge in [-0.15, -0.1) is 0 Å². The number of carbonyl (C=O) groups is 1. The third-order valence-corrected chi connectivity index (χ3v) is 5.26. The van der Waals surface area contributed by atoms with Crippen molar-refractivity contribution in [1.29, 1.82) is 0 Å². The van der Waals surface area contributed by atoms with E-state index >= 15 is 0 Å². The quantitative estimate of drug-likeness (QED) is 0.260. The zero-order chi connectivity index (χ0) is 21.5. The lowest BCUT2D eigenvalue weighted by Gasteiger charge is -2.21. The fraction of sp³-hybridized carbons (Fsp3) is 0.360. The summed E-state index contributed by atoms with van der Waals surface area (Å²) in [5.41, 5.74) is 2.87. The van der Waals surface area contributed by atoms with Crippen LogP contribution in [-0.4, -0.2) is 25.7 Å². The molecule has 3 rings (SSSR count). The highest BCUT2D eigenvalue weighted by Crippen LogP contribution is 2.25. The first-order valence-electron chi connectivity index (χ1n) is 10.7. The minimum atomic E-state index is -0.394. The number of rotatable bonds is 9. The van der Waals surface area contributed by atoms with E-state index in [1.165, 1.54) is 0 Å². The molecule has 0 radical (unpaired) electrons. The van der Waals surface area contributed by atoms with Crippen molar-refractivity contribution in [2.45, 2.75) is 40.0 Å². The molecule has 5 heteroatoms. The maximum Gasteiger partial charge on any atom is 0.344 e. The largest absolute Gasteiger partial charge is 0.462 e. The average molecular weight is 408 g/mol. The lowest BCUT2D eigenvalue weighted by molar-refractivity contribution is 0.0498. The molecule has 158 valence electrons. The molecule has 0 atom stereocenters. The minimum absolute atomic E-state index is 0.341. The summed E-state index contributed by atoms with van der Waals surface area (Å²) in [5, 5.41) is 0.861. The van der Waals surface area contributed by atoms with Gasteiger partial charge in [0.25, 0.3) is 0 Å². The number of anilines is 1. The summed E-state index contributed by atoms with van der Waals surface area (Å²) < 4.78 is 10.9. The molecule has 1 heterocycles. The normalized spacial score (nSPS) is 10.9. The van der Waals surface area contributed by atoms with E-state index in [9.17, 15) is 9.59 Å². The van der Waals surface area contributed by atoms with E-state index in [1.54, 1.807) is 24.3 Å². The van der Waals surface area contributed by atoms with Crippen molar-refractivity contribution >= 4 is 22.6 Å². The molecule has 0 aliphatic rings. The number of hydrogen-bond donors (Lipinski definition) is 0. The van der Waals surface area contributed by atoms with Crippen LogP contribution in [0, 0.1) is 0 Å². The Morgan fingerprint density at radius 1 is 0.967 bits per heavy atom. The highest BCUT2D eigenvalue weighted by molar-refractivity contribution is 5.90. The van der Waals surface area contributed by atoms with Crippen LogP contribution in [0.3, 0.4) is 0 Å². The second-order valence-corrected chi connectivity index (χ2v) is 7.26. The Labute approximate surface area is 177 Å². The number of fused-ring (bicyclic) bond motifs is 1. The molecule has 0 unspecified atom stereocenters. The van der Waals surface area contributed by atoms with Gasteiger partial charge in [0.2, 0.25) is 0 Å². The highest BCUT2D eigenvalue weighted by atomic mass is 16.5. The number of ether oxygens (including phenoxy) is 1. The van der Waals surface area contributed by atoms with E-state index in [4.69, 9.17) is 9.15 Å². The van der Waals surface area contributed by atoms with E-state index in [-0.39, 0.29) is 5.97 Å². The van der Waals surface area contributed by atoms with Crippen LogP contribution in [0.15, 0.2) is 57.7 Å². The summed E-state index contributed by atoms with van der Waals surface area (Å²) in [7, 11) is 0. The van der Waals surface area contributed by atoms with Crippen molar-refractivity contribution in [1.82, 2.24) is 0 Å². The molecule has 2 aromatic carbocycles. The predicted molar refractivity (Wildman–Crippen MR) is 121 cm³/mol. The van der Waals surface area contributed by atoms with Crippen LogP contribution < -0.4 is 10.5 Å². The van der Waals surface area contributed by atoms with Crippen molar-refractivity contribution < 1.29 is 13.9 Å². The molecule has 3 aromatic rings. The first kappa shape index (κ1) is 21.6. The zero-order valence-corrected chi connectivity index (χ0v) is 17.9. The molecule has 0 saturated carbocycles. The number of benzene rings is 2. The van der Waals surface area contributed by atoms with Crippen LogP contribution >= 0.6 is 0 Å². The van der Waals surface area contributed by atoms with Gasteiger partial charge in [-0.2, -0.15) is 0 Å². The number of nitrogens with zero attached hydrogens (tertiary/aromatic N) is 1. The Balaban J connectivity index is 1.82. The lowest BCUT2D eigenvalue weighted by Crippen LogP contribution is -2.21. The molecule has 0 spiro atoms. The molecule has 30 heavy (non-hydrogen) atoms. The summed E-state index contributed by atoms with van der Waals surface area (Å²) in [6, 6.07) is 14.6. The Morgan fingerprint density at radius 3 is 2.37 bits per heavy atom. The van der Waals surface area contributed by atoms with Crippen molar-refractivity contribution in [3.05, 3.63) is 64.5 Å². The highest BCUT2D eigenvalue weighted by Gasteiger charge is 2.12. The van der Waals surface area contributed by atoms with Crippen LogP contribution in [0.1, 0.15) is 50.4 Å². The van der Waals surface area contributed by atoms with Crippen LogP contribution in [0.5, 0.6) is 0 Å². The van der Waals surface area contributed by atoms with Gasteiger partial charge in [0, 0.05) is 30.2 Å². The first-order chi connectivity index (χ1) is 14.6. The molecule has 0 saturated heterocycles. The molecule has 0 aliphatic carbocycles. The first-order valence-corrected chi connectivity index (χ1v) is 10.7. The molecule has 0 aliphatic heterocycles. The van der Waals surface area contributed by atoms with E-state index in [0.29, 0.717) is 28.9 Å². The number of esters is 1. The second-order valence-electron chi connectivity index (χ2n) is 7.26. The van der Waals surface area contributed by atoms with Crippen LogP contribution in [-0.2, 0) is 4.74 Å². The Kier molecular flexibility index (Phi) is 7.28. The number of hydrogen-bond acceptors (Lipinski definition) is 5. The van der Waals surface area contributed by atoms with Gasteiger partial charge in [-0.25, -0.2) is 9.59 Å². The van der Waals surface area contributed by atoms with Gasteiger partial charge in [-0.05, 0) is 56.2 Å². The van der Waals surface area contributed by atoms with E-state index in [2.05, 4.69) is 25.7 Å². The minimum Gasteiger partial charge on any atom is -0.462 e. The Bertz CT molecular complexity index is 1050. The van der Waals surface area contributed by atoms with Crippen molar-refractivity contribution in [3.63, 3.8) is 0 Å². The van der Waals surface area contributed by atoms with Gasteiger partial charge in [0.1, 0.15) is 5.58 Å². The van der Waals surface area contributed by atoms with Crippen molar-refractivity contribution in [2.75, 3.05) is 24.6 Å². The van der Waals surface area contributed by atoms with Crippen LogP contribution in [0.2, 0.25) is 0 Å². The van der Waals surface area contributed by atoms with Crippen molar-refractivity contribution in [3.8, 4) is 11.1 Å². The molecule has 0 amide bonds. The molecule has 5 nitrogen and oxygen atoms in total. The maximum absolute atomic E-state index is 12.6. The SMILES string of the molecule is CCCCCOC(=O)c1ccc(-c2cc3ccc(N(CC)CC)cc3oc2=O)cc1. The molecule has 0 fully saturated rings. The standard InChI is InChI=1S/C25H29NO4/c1-4-7-8-15-29-24(27)19-11-9-18(10-12-19)22-16-20-13-14-21(26(5-2)6-3)17-23(20)30-25(22)28/h9-14,16-17H,4-8,15H2,1-3H3. The fourth-order valence-electron chi connectivity index (χ4n) is 3.47. The molecular weight excluding hydrogens is 378 g/mol. The summed E-state index contributed by atoms with van der Waals surface area (Å²) in [6.45, 7) is 8.50. The molecular formula is C25H29NO4. The molecule has 0 N–H and O–H groups in total. The van der Waals surface area contributed by atoms with Gasteiger partial charge in [-0.1, -0.05) is 31.9 Å². The van der Waals surface area contributed by atoms with Gasteiger partial charge in [0.05, 0.1) is 17.7 Å². The summed E-state index contributed by atoms with van der Waals surface area (Å²) in [6.07, 6.45) is 2.99. The lowest BCUT2D eigenvalue weighted by atomic mass is 10.0. The summed E-state index contributed by atoms with van der Waals surface area (Å²) in [4.78, 5) is 26.9. The monoisotopic (exact) mass is 407 g/mol. The number of carbonyl (C=O) groups excluding carboxylic acids is 1. The van der Waals surface area contributed by atoms with Crippen LogP contribution in [0.4, 0.5) is 5.69 Å². The predicted octanol–water partition coefficient (Wildman–Crippen LogP) is 5.65. The Morgan fingerprint density at radius 2 is 1.70 bits per heavy atom. The summed E-state index contributed by atoms with van der Waals surface area (Å²) >= 11 is 0. The molecule has 0 bridgehead atoms. The van der Waals surface area contributed by atoms with Gasteiger partial charge in [0.15, 0.2) is 0 Å². The molecule has 1 aromatic heterocycles. The zero-order valence-electron chi connectivity index (χ0n) is 17.9. The average Bonchev–Trinajstić information content (AvgIpc) is 2.77. The van der Waals surface area contributed by atoms with Gasteiger partial charge in [-0.3, -0.25) is 0 Å². The maximum atomic E-state index is 12.6. The third kappa shape index (κ3) is 4.90. The fourth-order valence-corrected chi connectivity index (χ4v) is 3.47. The van der Waals surface area contributed by atoms with E-state index in [0.717, 1.165) is 43.4 Å². The van der Waals surface area contributed by atoms with Gasteiger partial charge >= 0.3 is 11.6 Å². The van der Waals surface area contributed by atoms with E-state index in [1.807, 2.05) is 24.3 Å². The summed E-state index contributed by atoms with van der Waals surface area (Å²) in [5.74, 6) is -0.341. The smallest absolute Gasteiger partial charge is 0.344 e. The van der Waals surface area contributed by atoms with Gasteiger partial charge < -0.3 is 14.1 Å². The third-order valence-electron chi connectivity index (χ3n) is 5.26. The van der Waals surface area contributed by atoms with Crippen molar-refractivity contribution in [2.24, 2.45) is 0 Å².